The third-order valence-corrected chi connectivity index (χ3v) is 4.93. The fourth-order valence-electron chi connectivity index (χ4n) is 2.75. The molecule has 0 radical (unpaired) electrons. The van der Waals surface area contributed by atoms with Crippen LogP contribution in [-0.4, -0.2) is 48.6 Å². The Morgan fingerprint density at radius 2 is 1.92 bits per heavy atom. The van der Waals surface area contributed by atoms with Crippen molar-refractivity contribution in [3.05, 3.63) is 46.2 Å². The molecule has 0 spiro atoms. The first-order chi connectivity index (χ1) is 11.6. The zero-order valence-electron chi connectivity index (χ0n) is 14.2. The van der Waals surface area contributed by atoms with Gasteiger partial charge in [0.15, 0.2) is 5.96 Å². The standard InChI is InChI=1S/C17H22FN5S.HI/c1-13-21-15(12-24-13)6-7-20-17(19)23-10-8-22(9-11-23)16-4-2-14(18)3-5-16;/h2-5,12H,6-11H2,1H3,(H2,19,20);1H. The second-order valence-electron chi connectivity index (χ2n) is 5.80. The number of rotatable bonds is 4. The molecule has 0 unspecified atom stereocenters. The highest BCUT2D eigenvalue weighted by Gasteiger charge is 2.18. The van der Waals surface area contributed by atoms with E-state index >= 15 is 0 Å². The quantitative estimate of drug-likeness (QED) is 0.420. The minimum atomic E-state index is -0.205. The lowest BCUT2D eigenvalue weighted by atomic mass is 10.2. The van der Waals surface area contributed by atoms with Crippen molar-refractivity contribution in [3.63, 3.8) is 0 Å². The molecule has 1 aromatic heterocycles. The van der Waals surface area contributed by atoms with Gasteiger partial charge in [0.25, 0.3) is 0 Å². The summed E-state index contributed by atoms with van der Waals surface area (Å²) in [5.41, 5.74) is 8.24. The lowest BCUT2D eigenvalue weighted by Crippen LogP contribution is -2.51. The number of hydrogen-bond donors (Lipinski definition) is 1. The molecule has 0 bridgehead atoms. The fraction of sp³-hybridized carbons (Fsp3) is 0.412. The number of guanidine groups is 1. The van der Waals surface area contributed by atoms with Gasteiger partial charge in [-0.15, -0.1) is 35.3 Å². The molecule has 1 aromatic carbocycles. The molecule has 1 fully saturated rings. The van der Waals surface area contributed by atoms with Gasteiger partial charge in [0.2, 0.25) is 0 Å². The summed E-state index contributed by atoms with van der Waals surface area (Å²) >= 11 is 1.66. The molecule has 5 nitrogen and oxygen atoms in total. The maximum atomic E-state index is 13.0. The summed E-state index contributed by atoms with van der Waals surface area (Å²) in [6.07, 6.45) is 0.820. The van der Waals surface area contributed by atoms with E-state index in [1.54, 1.807) is 11.3 Å². The van der Waals surface area contributed by atoms with E-state index in [4.69, 9.17) is 5.73 Å². The van der Waals surface area contributed by atoms with E-state index in [1.807, 2.05) is 19.1 Å². The second-order valence-corrected chi connectivity index (χ2v) is 6.86. The summed E-state index contributed by atoms with van der Waals surface area (Å²) in [4.78, 5) is 13.3. The Labute approximate surface area is 168 Å². The van der Waals surface area contributed by atoms with Gasteiger partial charge in [0, 0.05) is 50.2 Å². The van der Waals surface area contributed by atoms with Gasteiger partial charge in [0.05, 0.1) is 10.7 Å². The van der Waals surface area contributed by atoms with E-state index in [2.05, 4.69) is 25.2 Å². The van der Waals surface area contributed by atoms with Crippen LogP contribution in [0.5, 0.6) is 0 Å². The van der Waals surface area contributed by atoms with Crippen LogP contribution in [0, 0.1) is 12.7 Å². The third kappa shape index (κ3) is 5.53. The Bertz CT molecular complexity index is 695. The number of anilines is 1. The highest BCUT2D eigenvalue weighted by Crippen LogP contribution is 2.16. The van der Waals surface area contributed by atoms with E-state index < -0.39 is 0 Å². The number of thiazole rings is 1. The van der Waals surface area contributed by atoms with Crippen molar-refractivity contribution in [1.82, 2.24) is 9.88 Å². The number of hydrogen-bond acceptors (Lipinski definition) is 4. The van der Waals surface area contributed by atoms with Gasteiger partial charge >= 0.3 is 0 Å². The monoisotopic (exact) mass is 475 g/mol. The molecule has 0 atom stereocenters. The SMILES string of the molecule is Cc1nc(CCN=C(N)N2CCN(c3ccc(F)cc3)CC2)cs1.I. The number of aliphatic imine (C=N–C) groups is 1. The minimum absolute atomic E-state index is 0. The summed E-state index contributed by atoms with van der Waals surface area (Å²) in [5, 5.41) is 3.15. The van der Waals surface area contributed by atoms with Crippen molar-refractivity contribution < 1.29 is 4.39 Å². The summed E-state index contributed by atoms with van der Waals surface area (Å²) in [6.45, 7) is 6.02. The average molecular weight is 475 g/mol. The summed E-state index contributed by atoms with van der Waals surface area (Å²) in [5.74, 6) is 0.393. The predicted molar refractivity (Wildman–Crippen MR) is 113 cm³/mol. The molecule has 1 saturated heterocycles. The van der Waals surface area contributed by atoms with Crippen LogP contribution in [0.3, 0.4) is 0 Å². The smallest absolute Gasteiger partial charge is 0.191 e. The molecule has 0 saturated carbocycles. The van der Waals surface area contributed by atoms with E-state index in [-0.39, 0.29) is 29.8 Å². The molecule has 0 aliphatic carbocycles. The normalized spacial score (nSPS) is 15.2. The van der Waals surface area contributed by atoms with Crippen molar-refractivity contribution in [2.75, 3.05) is 37.6 Å². The Balaban J connectivity index is 0.00000225. The van der Waals surface area contributed by atoms with Crippen LogP contribution >= 0.6 is 35.3 Å². The molecule has 8 heteroatoms. The predicted octanol–water partition coefficient (Wildman–Crippen LogP) is 2.89. The van der Waals surface area contributed by atoms with Gasteiger partial charge in [-0.25, -0.2) is 9.37 Å². The highest BCUT2D eigenvalue weighted by molar-refractivity contribution is 14.0. The molecular weight excluding hydrogens is 452 g/mol. The molecule has 136 valence electrons. The van der Waals surface area contributed by atoms with Gasteiger partial charge in [-0.3, -0.25) is 4.99 Å². The third-order valence-electron chi connectivity index (χ3n) is 4.10. The first kappa shape index (κ1) is 19.9. The first-order valence-corrected chi connectivity index (χ1v) is 8.96. The molecular formula is C17H23FIN5S. The molecule has 25 heavy (non-hydrogen) atoms. The minimum Gasteiger partial charge on any atom is -0.370 e. The largest absolute Gasteiger partial charge is 0.370 e. The van der Waals surface area contributed by atoms with Crippen LogP contribution in [0.15, 0.2) is 34.6 Å². The maximum absolute atomic E-state index is 13.0. The Hall–Kier alpha value is -1.42. The first-order valence-electron chi connectivity index (χ1n) is 8.08. The van der Waals surface area contributed by atoms with E-state index in [0.717, 1.165) is 49.0 Å². The van der Waals surface area contributed by atoms with Crippen LogP contribution in [-0.2, 0) is 6.42 Å². The lowest BCUT2D eigenvalue weighted by molar-refractivity contribution is 0.381. The van der Waals surface area contributed by atoms with Crippen molar-refractivity contribution in [2.24, 2.45) is 10.7 Å². The van der Waals surface area contributed by atoms with Gasteiger partial charge < -0.3 is 15.5 Å². The number of aromatic nitrogens is 1. The summed E-state index contributed by atoms with van der Waals surface area (Å²) < 4.78 is 13.0. The van der Waals surface area contributed by atoms with E-state index in [0.29, 0.717) is 12.5 Å². The summed E-state index contributed by atoms with van der Waals surface area (Å²) in [7, 11) is 0. The van der Waals surface area contributed by atoms with Crippen molar-refractivity contribution in [3.8, 4) is 0 Å². The number of piperazine rings is 1. The number of halogens is 2. The van der Waals surface area contributed by atoms with Crippen LogP contribution in [0.25, 0.3) is 0 Å². The number of aryl methyl sites for hydroxylation is 1. The van der Waals surface area contributed by atoms with E-state index in [9.17, 15) is 4.39 Å². The second kappa shape index (κ2) is 9.33. The van der Waals surface area contributed by atoms with Crippen molar-refractivity contribution in [1.29, 1.82) is 0 Å². The lowest BCUT2D eigenvalue weighted by Gasteiger charge is -2.36. The number of nitrogens with zero attached hydrogens (tertiary/aromatic N) is 4. The topological polar surface area (TPSA) is 57.8 Å². The van der Waals surface area contributed by atoms with Gasteiger partial charge in [-0.2, -0.15) is 0 Å². The van der Waals surface area contributed by atoms with E-state index in [1.165, 1.54) is 12.1 Å². The molecule has 1 aliphatic rings. The molecule has 3 rings (SSSR count). The number of benzene rings is 1. The van der Waals surface area contributed by atoms with Crippen molar-refractivity contribution in [2.45, 2.75) is 13.3 Å². The molecule has 2 aromatic rings. The highest BCUT2D eigenvalue weighted by atomic mass is 127. The van der Waals surface area contributed by atoms with Crippen LogP contribution in [0.4, 0.5) is 10.1 Å². The zero-order chi connectivity index (χ0) is 16.9. The Kier molecular flexibility index (Phi) is 7.42. The van der Waals surface area contributed by atoms with Crippen LogP contribution in [0.2, 0.25) is 0 Å². The Morgan fingerprint density at radius 1 is 1.24 bits per heavy atom. The Morgan fingerprint density at radius 3 is 2.52 bits per heavy atom. The number of nitrogens with two attached hydrogens (primary N) is 1. The molecule has 1 aliphatic heterocycles. The molecule has 0 amide bonds. The van der Waals surface area contributed by atoms with Crippen LogP contribution in [0.1, 0.15) is 10.7 Å². The van der Waals surface area contributed by atoms with Gasteiger partial charge in [0.1, 0.15) is 5.82 Å². The fourth-order valence-corrected chi connectivity index (χ4v) is 3.40. The molecule has 2 heterocycles. The van der Waals surface area contributed by atoms with Gasteiger partial charge in [-0.1, -0.05) is 0 Å². The van der Waals surface area contributed by atoms with Crippen LogP contribution < -0.4 is 10.6 Å². The molecule has 2 N–H and O–H groups in total. The van der Waals surface area contributed by atoms with Gasteiger partial charge in [-0.05, 0) is 31.2 Å². The zero-order valence-corrected chi connectivity index (χ0v) is 17.3. The maximum Gasteiger partial charge on any atom is 0.191 e. The average Bonchev–Trinajstić information content (AvgIpc) is 3.01. The summed E-state index contributed by atoms with van der Waals surface area (Å²) in [6, 6.07) is 6.63. The van der Waals surface area contributed by atoms with Crippen molar-refractivity contribution >= 4 is 47.0 Å².